The van der Waals surface area contributed by atoms with Gasteiger partial charge < -0.3 is 14.8 Å². The molecule has 6 heteroatoms. The second-order valence-corrected chi connectivity index (χ2v) is 5.39. The first kappa shape index (κ1) is 13.6. The third-order valence-corrected chi connectivity index (χ3v) is 3.89. The fraction of sp³-hybridized carbons (Fsp3) is 0.133. The lowest BCUT2D eigenvalue weighted by molar-refractivity contribution is 0.395. The number of methoxy groups -OCH3 is 2. The van der Waals surface area contributed by atoms with Gasteiger partial charge in [-0.15, -0.1) is 0 Å². The molecule has 0 saturated carbocycles. The number of anilines is 2. The molecule has 108 valence electrons. The normalized spacial score (nSPS) is 10.6. The molecule has 0 aliphatic carbocycles. The van der Waals surface area contributed by atoms with Crippen LogP contribution >= 0.6 is 11.3 Å². The monoisotopic (exact) mass is 304 g/mol. The smallest absolute Gasteiger partial charge is 0.188 e. The minimum absolute atomic E-state index is 0.263. The predicted molar refractivity (Wildman–Crippen MR) is 82.4 cm³/mol. The Kier molecular flexibility index (Phi) is 3.62. The van der Waals surface area contributed by atoms with Crippen LogP contribution < -0.4 is 14.8 Å². The van der Waals surface area contributed by atoms with Gasteiger partial charge in [0.1, 0.15) is 17.3 Å². The third-order valence-electron chi connectivity index (χ3n) is 2.95. The van der Waals surface area contributed by atoms with E-state index in [1.54, 1.807) is 26.4 Å². The fourth-order valence-corrected chi connectivity index (χ4v) is 2.87. The molecule has 3 aromatic rings. The van der Waals surface area contributed by atoms with Crippen molar-refractivity contribution in [2.75, 3.05) is 19.5 Å². The minimum atomic E-state index is -0.263. The molecule has 0 aliphatic heterocycles. The summed E-state index contributed by atoms with van der Waals surface area (Å²) in [4.78, 5) is 4.42. The Balaban J connectivity index is 1.94. The van der Waals surface area contributed by atoms with Gasteiger partial charge in [0.25, 0.3) is 0 Å². The summed E-state index contributed by atoms with van der Waals surface area (Å²) in [6, 6.07) is 10.0. The summed E-state index contributed by atoms with van der Waals surface area (Å²) in [6.45, 7) is 0. The molecule has 1 N–H and O–H groups in total. The summed E-state index contributed by atoms with van der Waals surface area (Å²) < 4.78 is 24.4. The minimum Gasteiger partial charge on any atom is -0.497 e. The number of nitrogens with one attached hydrogen (secondary N) is 1. The standard InChI is InChI=1S/C15H13FN2O2S/c1-19-11-6-10(7-12(8-11)20-2)17-15-18-13-4-3-9(16)5-14(13)21-15/h3-8H,1-2H3,(H,17,18). The van der Waals surface area contributed by atoms with E-state index < -0.39 is 0 Å². The Morgan fingerprint density at radius 3 is 2.43 bits per heavy atom. The summed E-state index contributed by atoms with van der Waals surface area (Å²) in [5, 5.41) is 3.87. The number of thiazole rings is 1. The molecule has 21 heavy (non-hydrogen) atoms. The largest absolute Gasteiger partial charge is 0.497 e. The average Bonchev–Trinajstić information content (AvgIpc) is 2.87. The lowest BCUT2D eigenvalue weighted by atomic mass is 10.3. The van der Waals surface area contributed by atoms with Crippen LogP contribution in [0.2, 0.25) is 0 Å². The number of fused-ring (bicyclic) bond motifs is 1. The highest BCUT2D eigenvalue weighted by Crippen LogP contribution is 2.32. The van der Waals surface area contributed by atoms with E-state index in [-0.39, 0.29) is 5.82 Å². The van der Waals surface area contributed by atoms with Gasteiger partial charge in [-0.3, -0.25) is 0 Å². The molecule has 0 radical (unpaired) electrons. The number of nitrogens with zero attached hydrogens (tertiary/aromatic N) is 1. The quantitative estimate of drug-likeness (QED) is 0.784. The Morgan fingerprint density at radius 2 is 1.76 bits per heavy atom. The van der Waals surface area contributed by atoms with E-state index in [4.69, 9.17) is 9.47 Å². The van der Waals surface area contributed by atoms with Crippen molar-refractivity contribution in [2.45, 2.75) is 0 Å². The molecule has 0 atom stereocenters. The van der Waals surface area contributed by atoms with E-state index in [9.17, 15) is 4.39 Å². The second kappa shape index (κ2) is 5.57. The van der Waals surface area contributed by atoms with Gasteiger partial charge in [0.05, 0.1) is 24.4 Å². The number of aromatic nitrogens is 1. The van der Waals surface area contributed by atoms with Crippen LogP contribution in [0.3, 0.4) is 0 Å². The number of hydrogen-bond acceptors (Lipinski definition) is 5. The highest BCUT2D eigenvalue weighted by atomic mass is 32.1. The number of benzene rings is 2. The molecule has 2 aromatic carbocycles. The number of halogens is 1. The molecule has 0 bridgehead atoms. The Hall–Kier alpha value is -2.34. The Morgan fingerprint density at radius 1 is 1.05 bits per heavy atom. The fourth-order valence-electron chi connectivity index (χ4n) is 1.96. The van der Waals surface area contributed by atoms with E-state index in [2.05, 4.69) is 10.3 Å². The van der Waals surface area contributed by atoms with Crippen molar-refractivity contribution in [3.8, 4) is 11.5 Å². The van der Waals surface area contributed by atoms with Crippen LogP contribution in [0.4, 0.5) is 15.2 Å². The third kappa shape index (κ3) is 2.90. The molecule has 4 nitrogen and oxygen atoms in total. The van der Waals surface area contributed by atoms with Crippen LogP contribution in [0.1, 0.15) is 0 Å². The van der Waals surface area contributed by atoms with Gasteiger partial charge in [0, 0.05) is 23.9 Å². The van der Waals surface area contributed by atoms with Crippen molar-refractivity contribution in [1.29, 1.82) is 0 Å². The summed E-state index contributed by atoms with van der Waals surface area (Å²) in [5.41, 5.74) is 1.56. The lowest BCUT2D eigenvalue weighted by Crippen LogP contribution is -1.93. The molecule has 0 fully saturated rings. The van der Waals surface area contributed by atoms with Crippen molar-refractivity contribution in [2.24, 2.45) is 0 Å². The van der Waals surface area contributed by atoms with Crippen LogP contribution in [0.5, 0.6) is 11.5 Å². The molecule has 1 heterocycles. The van der Waals surface area contributed by atoms with Gasteiger partial charge in [-0.2, -0.15) is 0 Å². The van der Waals surface area contributed by atoms with Crippen LogP contribution in [-0.4, -0.2) is 19.2 Å². The van der Waals surface area contributed by atoms with E-state index in [0.717, 1.165) is 15.9 Å². The molecule has 3 rings (SSSR count). The van der Waals surface area contributed by atoms with E-state index in [1.807, 2.05) is 12.1 Å². The number of rotatable bonds is 4. The molecule has 0 amide bonds. The molecule has 1 aromatic heterocycles. The van der Waals surface area contributed by atoms with E-state index in [0.29, 0.717) is 16.6 Å². The van der Waals surface area contributed by atoms with Crippen molar-refractivity contribution in [3.05, 3.63) is 42.2 Å². The van der Waals surface area contributed by atoms with Crippen LogP contribution in [0.15, 0.2) is 36.4 Å². The molecular formula is C15H13FN2O2S. The molecule has 0 spiro atoms. The van der Waals surface area contributed by atoms with Crippen LogP contribution in [-0.2, 0) is 0 Å². The van der Waals surface area contributed by atoms with Gasteiger partial charge in [0.15, 0.2) is 5.13 Å². The summed E-state index contributed by atoms with van der Waals surface area (Å²) in [5.74, 6) is 1.11. The van der Waals surface area contributed by atoms with Gasteiger partial charge in [-0.1, -0.05) is 11.3 Å². The molecular weight excluding hydrogens is 291 g/mol. The zero-order chi connectivity index (χ0) is 14.8. The first-order valence-electron chi connectivity index (χ1n) is 6.24. The van der Waals surface area contributed by atoms with E-state index >= 15 is 0 Å². The second-order valence-electron chi connectivity index (χ2n) is 4.36. The summed E-state index contributed by atoms with van der Waals surface area (Å²) in [6.07, 6.45) is 0. The zero-order valence-corrected chi connectivity index (χ0v) is 12.3. The van der Waals surface area contributed by atoms with E-state index in [1.165, 1.54) is 23.5 Å². The topological polar surface area (TPSA) is 43.4 Å². The zero-order valence-electron chi connectivity index (χ0n) is 11.5. The van der Waals surface area contributed by atoms with Crippen LogP contribution in [0.25, 0.3) is 10.2 Å². The SMILES string of the molecule is COc1cc(Nc2nc3ccc(F)cc3s2)cc(OC)c1. The predicted octanol–water partition coefficient (Wildman–Crippen LogP) is 4.20. The van der Waals surface area contributed by atoms with Crippen molar-refractivity contribution >= 4 is 32.4 Å². The maximum atomic E-state index is 13.2. The summed E-state index contributed by atoms with van der Waals surface area (Å²) in [7, 11) is 3.19. The van der Waals surface area contributed by atoms with Gasteiger partial charge in [-0.05, 0) is 18.2 Å². The number of hydrogen-bond donors (Lipinski definition) is 1. The maximum absolute atomic E-state index is 13.2. The van der Waals surface area contributed by atoms with Gasteiger partial charge in [-0.25, -0.2) is 9.37 Å². The van der Waals surface area contributed by atoms with Crippen molar-refractivity contribution in [1.82, 2.24) is 4.98 Å². The molecule has 0 aliphatic rings. The van der Waals surface area contributed by atoms with Crippen LogP contribution in [0, 0.1) is 5.82 Å². The highest BCUT2D eigenvalue weighted by Gasteiger charge is 2.07. The lowest BCUT2D eigenvalue weighted by Gasteiger charge is -2.08. The van der Waals surface area contributed by atoms with Crippen molar-refractivity contribution in [3.63, 3.8) is 0 Å². The maximum Gasteiger partial charge on any atom is 0.188 e. The molecule has 0 saturated heterocycles. The highest BCUT2D eigenvalue weighted by molar-refractivity contribution is 7.22. The summed E-state index contributed by atoms with van der Waals surface area (Å²) >= 11 is 1.39. The molecule has 0 unspecified atom stereocenters. The van der Waals surface area contributed by atoms with Gasteiger partial charge >= 0.3 is 0 Å². The average molecular weight is 304 g/mol. The number of ether oxygens (including phenoxy) is 2. The van der Waals surface area contributed by atoms with Gasteiger partial charge in [0.2, 0.25) is 0 Å². The Labute approximate surface area is 125 Å². The van der Waals surface area contributed by atoms with Crippen molar-refractivity contribution < 1.29 is 13.9 Å². The Bertz CT molecular complexity index is 766. The first-order chi connectivity index (χ1) is 10.2. The first-order valence-corrected chi connectivity index (χ1v) is 7.06.